The predicted molar refractivity (Wildman–Crippen MR) is 105 cm³/mol. The molecule has 1 aliphatic rings. The summed E-state index contributed by atoms with van der Waals surface area (Å²) in [6.07, 6.45) is 1.96. The zero-order chi connectivity index (χ0) is 21.8. The number of fused-ring (bicyclic) bond motifs is 1. The second-order valence-corrected chi connectivity index (χ2v) is 9.56. The topological polar surface area (TPSA) is 97.4 Å². The van der Waals surface area contributed by atoms with Gasteiger partial charge in [0.05, 0.1) is 11.8 Å². The molecule has 29 heavy (non-hydrogen) atoms. The molecule has 1 aromatic rings. The van der Waals surface area contributed by atoms with Crippen molar-refractivity contribution in [2.45, 2.75) is 66.8 Å². The summed E-state index contributed by atoms with van der Waals surface area (Å²) >= 11 is 0. The van der Waals surface area contributed by atoms with Gasteiger partial charge in [-0.15, -0.1) is 0 Å². The van der Waals surface area contributed by atoms with Crippen LogP contribution in [0.25, 0.3) is 0 Å². The van der Waals surface area contributed by atoms with Crippen LogP contribution in [0.15, 0.2) is 18.2 Å². The van der Waals surface area contributed by atoms with Crippen molar-refractivity contribution in [2.24, 2.45) is 5.92 Å². The van der Waals surface area contributed by atoms with Gasteiger partial charge in [-0.05, 0) is 24.6 Å². The van der Waals surface area contributed by atoms with Crippen LogP contribution >= 0.6 is 0 Å². The van der Waals surface area contributed by atoms with E-state index in [-0.39, 0.29) is 17.7 Å². The second-order valence-electron chi connectivity index (χ2n) is 7.26. The van der Waals surface area contributed by atoms with Gasteiger partial charge in [0.15, 0.2) is 0 Å². The highest BCUT2D eigenvalue weighted by Crippen LogP contribution is 2.37. The summed E-state index contributed by atoms with van der Waals surface area (Å²) in [6.45, 7) is 9.78. The molecule has 0 aliphatic carbocycles. The third kappa shape index (κ3) is 5.36. The molecule has 2 atom stereocenters. The molecule has 2 unspecified atom stereocenters. The number of ether oxygens (including phenoxy) is 2. The highest BCUT2D eigenvalue weighted by Gasteiger charge is 2.55. The zero-order valence-corrected chi connectivity index (χ0v) is 18.7. The van der Waals surface area contributed by atoms with Crippen molar-refractivity contribution in [3.05, 3.63) is 23.8 Å². The Morgan fingerprint density at radius 1 is 1.10 bits per heavy atom. The quantitative estimate of drug-likeness (QED) is 0.616. The highest BCUT2D eigenvalue weighted by molar-refractivity contribution is 6.79. The Bertz CT molecular complexity index is 752. The van der Waals surface area contributed by atoms with E-state index in [9.17, 15) is 14.4 Å². The van der Waals surface area contributed by atoms with E-state index in [0.29, 0.717) is 11.3 Å². The Morgan fingerprint density at radius 3 is 2.14 bits per heavy atom. The first kappa shape index (κ1) is 22.9. The monoisotopic (exact) mass is 424 g/mol. The van der Waals surface area contributed by atoms with Crippen molar-refractivity contribution in [2.75, 3.05) is 0 Å². The summed E-state index contributed by atoms with van der Waals surface area (Å²) in [6, 6.07) is 4.89. The van der Waals surface area contributed by atoms with Gasteiger partial charge in [0.25, 0.3) is 17.9 Å². The molecule has 1 aliphatic heterocycles. The van der Waals surface area contributed by atoms with Gasteiger partial charge in [-0.2, -0.15) is 0 Å². The fourth-order valence-corrected chi connectivity index (χ4v) is 5.45. The summed E-state index contributed by atoms with van der Waals surface area (Å²) in [5, 5.41) is 0.286. The molecule has 1 heterocycles. The maximum absolute atomic E-state index is 11.7. The molecule has 1 aromatic carbocycles. The van der Waals surface area contributed by atoms with Crippen LogP contribution in [-0.2, 0) is 39.0 Å². The van der Waals surface area contributed by atoms with Gasteiger partial charge in [0.1, 0.15) is 5.75 Å². The fraction of sp³-hybridized carbons (Fsp3) is 0.550. The molecular weight excluding hydrogens is 396 g/mol. The lowest BCUT2D eigenvalue weighted by atomic mass is 9.96. The zero-order valence-electron chi connectivity index (χ0n) is 17.7. The Balaban J connectivity index is 2.44. The maximum Gasteiger partial charge on any atom is 0.742 e. The van der Waals surface area contributed by atoms with Crippen LogP contribution in [0.3, 0.4) is 0 Å². The minimum Gasteiger partial charge on any atom is -0.462 e. The van der Waals surface area contributed by atoms with Gasteiger partial charge in [-0.1, -0.05) is 20.3 Å². The van der Waals surface area contributed by atoms with Gasteiger partial charge in [-0.25, -0.2) is 0 Å². The van der Waals surface area contributed by atoms with E-state index in [1.165, 1.54) is 0 Å². The molecule has 9 heteroatoms. The van der Waals surface area contributed by atoms with Gasteiger partial charge in [-0.3, -0.25) is 14.4 Å². The predicted octanol–water partition coefficient (Wildman–Crippen LogP) is 2.58. The van der Waals surface area contributed by atoms with E-state index in [1.54, 1.807) is 18.2 Å². The Kier molecular flexibility index (Phi) is 7.07. The summed E-state index contributed by atoms with van der Waals surface area (Å²) in [5.41, 5.74) is 0.673. The lowest BCUT2D eigenvalue weighted by Crippen LogP contribution is -2.59. The van der Waals surface area contributed by atoms with Crippen molar-refractivity contribution >= 4 is 31.9 Å². The molecule has 8 nitrogen and oxygen atoms in total. The molecule has 0 spiro atoms. The molecule has 0 N–H and O–H groups in total. The largest absolute Gasteiger partial charge is 0.742 e. The molecular formula is C20H28O8Si. The van der Waals surface area contributed by atoms with Gasteiger partial charge < -0.3 is 22.8 Å². The van der Waals surface area contributed by atoms with Gasteiger partial charge >= 0.3 is 8.80 Å². The van der Waals surface area contributed by atoms with Crippen molar-refractivity contribution in [3.63, 3.8) is 0 Å². The van der Waals surface area contributed by atoms with Crippen LogP contribution in [0.5, 0.6) is 5.75 Å². The number of rotatable bonds is 7. The van der Waals surface area contributed by atoms with Crippen LogP contribution in [0.2, 0.25) is 0 Å². The van der Waals surface area contributed by atoms with E-state index in [4.69, 9.17) is 22.8 Å². The minimum absolute atomic E-state index is 0.178. The third-order valence-corrected chi connectivity index (χ3v) is 7.38. The lowest BCUT2D eigenvalue weighted by Gasteiger charge is -2.40. The van der Waals surface area contributed by atoms with Crippen molar-refractivity contribution in [3.8, 4) is 5.75 Å². The second kappa shape index (κ2) is 8.96. The number of hydrogen-bond donors (Lipinski definition) is 0. The van der Waals surface area contributed by atoms with Crippen LogP contribution in [0.4, 0.5) is 0 Å². The summed E-state index contributed by atoms with van der Waals surface area (Å²) in [4.78, 5) is 35.1. The SMILES string of the molecule is CCCC(C)C1(C)OCc2cc([Si](OC(C)=O)(OC(C)=O)OC(C)=O)ccc2O1. The van der Waals surface area contributed by atoms with Crippen molar-refractivity contribution in [1.29, 1.82) is 0 Å². The van der Waals surface area contributed by atoms with E-state index in [2.05, 4.69) is 13.8 Å². The van der Waals surface area contributed by atoms with Crippen LogP contribution in [0, 0.1) is 5.92 Å². The number of carbonyl (C=O) groups excluding carboxylic acids is 3. The molecule has 0 saturated carbocycles. The molecule has 160 valence electrons. The molecule has 0 bridgehead atoms. The van der Waals surface area contributed by atoms with Crippen LogP contribution < -0.4 is 9.92 Å². The van der Waals surface area contributed by atoms with Crippen LogP contribution in [0.1, 0.15) is 59.9 Å². The maximum atomic E-state index is 11.7. The smallest absolute Gasteiger partial charge is 0.462 e. The molecule has 0 fully saturated rings. The molecule has 0 saturated heterocycles. The highest BCUT2D eigenvalue weighted by atomic mass is 28.4. The normalized spacial score (nSPS) is 19.4. The van der Waals surface area contributed by atoms with Crippen molar-refractivity contribution < 1.29 is 37.1 Å². The number of carbonyl (C=O) groups is 3. The van der Waals surface area contributed by atoms with E-state index in [1.807, 2.05) is 6.92 Å². The average molecular weight is 425 g/mol. The van der Waals surface area contributed by atoms with E-state index in [0.717, 1.165) is 33.6 Å². The first-order valence-corrected chi connectivity index (χ1v) is 11.3. The first-order chi connectivity index (χ1) is 13.5. The average Bonchev–Trinajstić information content (AvgIpc) is 2.59. The summed E-state index contributed by atoms with van der Waals surface area (Å²) in [7, 11) is -4.15. The van der Waals surface area contributed by atoms with Gasteiger partial charge in [0.2, 0.25) is 5.79 Å². The summed E-state index contributed by atoms with van der Waals surface area (Å²) in [5.74, 6) is -2.17. The lowest BCUT2D eigenvalue weighted by molar-refractivity contribution is -0.223. The number of benzene rings is 1. The Hall–Kier alpha value is -2.39. The first-order valence-electron chi connectivity index (χ1n) is 9.56. The Morgan fingerprint density at radius 2 is 1.66 bits per heavy atom. The Labute approximate surface area is 171 Å². The molecule has 0 radical (unpaired) electrons. The van der Waals surface area contributed by atoms with Crippen LogP contribution in [-0.4, -0.2) is 32.5 Å². The minimum atomic E-state index is -4.15. The van der Waals surface area contributed by atoms with Gasteiger partial charge in [0, 0.05) is 39.2 Å². The molecule has 2 rings (SSSR count). The van der Waals surface area contributed by atoms with E-state index >= 15 is 0 Å². The third-order valence-electron chi connectivity index (χ3n) is 4.69. The fourth-order valence-electron chi connectivity index (χ4n) is 3.20. The summed E-state index contributed by atoms with van der Waals surface area (Å²) < 4.78 is 27.9. The van der Waals surface area contributed by atoms with E-state index < -0.39 is 32.5 Å². The number of hydrogen-bond acceptors (Lipinski definition) is 8. The molecule has 0 amide bonds. The standard InChI is InChI=1S/C20H28O8Si/c1-7-8-13(2)20(6)24-12-17-11-18(9-10-19(17)25-20)29(26-14(3)21,27-15(4)22)28-16(5)23/h9-11,13H,7-8,12H2,1-6H3. The van der Waals surface area contributed by atoms with Crippen molar-refractivity contribution in [1.82, 2.24) is 0 Å². The molecule has 0 aromatic heterocycles.